The number of benzene rings is 2. The summed E-state index contributed by atoms with van der Waals surface area (Å²) in [7, 11) is 3.93. The summed E-state index contributed by atoms with van der Waals surface area (Å²) >= 11 is 0. The molecule has 1 amide bonds. The monoisotopic (exact) mass is 336 g/mol. The van der Waals surface area contributed by atoms with Crippen molar-refractivity contribution in [3.05, 3.63) is 70.8 Å². The molecule has 0 aliphatic carbocycles. The molecule has 2 rings (SSSR count). The maximum atomic E-state index is 12.9. The van der Waals surface area contributed by atoms with Gasteiger partial charge in [0.25, 0.3) is 5.91 Å². The Labute approximate surface area is 139 Å². The van der Waals surface area contributed by atoms with Crippen molar-refractivity contribution in [2.45, 2.75) is 19.3 Å². The number of carbonyl (C=O) groups excluding carboxylic acids is 1. The molecular formula is C18H19F3N2O. The van der Waals surface area contributed by atoms with E-state index < -0.39 is 17.6 Å². The van der Waals surface area contributed by atoms with Crippen LogP contribution in [-0.4, -0.2) is 24.9 Å². The maximum absolute atomic E-state index is 12.9. The van der Waals surface area contributed by atoms with Crippen molar-refractivity contribution in [3.8, 4) is 0 Å². The van der Waals surface area contributed by atoms with Crippen LogP contribution in [0.5, 0.6) is 0 Å². The summed E-state index contributed by atoms with van der Waals surface area (Å²) in [5.41, 5.74) is 0.658. The summed E-state index contributed by atoms with van der Waals surface area (Å²) in [6.07, 6.45) is -4.55. The molecule has 2 aromatic carbocycles. The first kappa shape index (κ1) is 18.0. The zero-order chi connectivity index (χ0) is 17.7. The zero-order valence-electron chi connectivity index (χ0n) is 13.5. The number of alkyl halides is 3. The lowest BCUT2D eigenvalue weighted by Crippen LogP contribution is -2.25. The smallest absolute Gasteiger partial charge is 0.348 e. The lowest BCUT2D eigenvalue weighted by atomic mass is 10.1. The van der Waals surface area contributed by atoms with Crippen LogP contribution in [0.3, 0.4) is 0 Å². The molecule has 128 valence electrons. The highest BCUT2D eigenvalue weighted by molar-refractivity contribution is 5.95. The molecule has 0 heterocycles. The number of amides is 1. The van der Waals surface area contributed by atoms with E-state index >= 15 is 0 Å². The lowest BCUT2D eigenvalue weighted by molar-refractivity contribution is -0.137. The van der Waals surface area contributed by atoms with Crippen LogP contribution in [0, 0.1) is 0 Å². The maximum Gasteiger partial charge on any atom is 0.417 e. The third kappa shape index (κ3) is 4.83. The van der Waals surface area contributed by atoms with Crippen LogP contribution in [0.1, 0.15) is 27.0 Å². The highest BCUT2D eigenvalue weighted by Crippen LogP contribution is 2.31. The van der Waals surface area contributed by atoms with E-state index in [2.05, 4.69) is 5.32 Å². The van der Waals surface area contributed by atoms with Gasteiger partial charge in [0.1, 0.15) is 0 Å². The van der Waals surface area contributed by atoms with E-state index in [-0.39, 0.29) is 12.1 Å². The predicted octanol–water partition coefficient (Wildman–Crippen LogP) is 3.70. The Morgan fingerprint density at radius 2 is 1.58 bits per heavy atom. The Kier molecular flexibility index (Phi) is 5.62. The van der Waals surface area contributed by atoms with Crippen molar-refractivity contribution in [2.75, 3.05) is 14.1 Å². The minimum atomic E-state index is -4.55. The summed E-state index contributed by atoms with van der Waals surface area (Å²) in [6, 6.07) is 12.4. The van der Waals surface area contributed by atoms with Crippen molar-refractivity contribution < 1.29 is 18.0 Å². The third-order valence-corrected chi connectivity index (χ3v) is 3.45. The Hall–Kier alpha value is -2.34. The summed E-state index contributed by atoms with van der Waals surface area (Å²) in [4.78, 5) is 14.1. The Bertz CT molecular complexity index is 694. The van der Waals surface area contributed by atoms with Crippen molar-refractivity contribution in [1.29, 1.82) is 0 Å². The van der Waals surface area contributed by atoms with Gasteiger partial charge in [-0.25, -0.2) is 0 Å². The number of rotatable bonds is 5. The van der Waals surface area contributed by atoms with Gasteiger partial charge in [0, 0.05) is 13.1 Å². The van der Waals surface area contributed by atoms with Crippen LogP contribution in [0.4, 0.5) is 13.2 Å². The average molecular weight is 336 g/mol. The molecule has 6 heteroatoms. The lowest BCUT2D eigenvalue weighted by Gasteiger charge is -2.13. The molecule has 0 bridgehead atoms. The second-order valence-corrected chi connectivity index (χ2v) is 5.78. The molecule has 0 spiro atoms. The highest BCUT2D eigenvalue weighted by Gasteiger charge is 2.34. The van der Waals surface area contributed by atoms with Gasteiger partial charge in [-0.1, -0.05) is 36.4 Å². The summed E-state index contributed by atoms with van der Waals surface area (Å²) in [5.74, 6) is -0.736. The van der Waals surface area contributed by atoms with Crippen molar-refractivity contribution in [1.82, 2.24) is 10.2 Å². The number of nitrogens with zero attached hydrogens (tertiary/aromatic N) is 1. The van der Waals surface area contributed by atoms with Crippen molar-refractivity contribution >= 4 is 5.91 Å². The molecule has 2 aromatic rings. The number of halogens is 3. The number of hydrogen-bond donors (Lipinski definition) is 1. The van der Waals surface area contributed by atoms with E-state index in [9.17, 15) is 18.0 Å². The van der Waals surface area contributed by atoms with Crippen LogP contribution >= 0.6 is 0 Å². The Balaban J connectivity index is 2.04. The minimum Gasteiger partial charge on any atom is -0.348 e. The van der Waals surface area contributed by atoms with Gasteiger partial charge >= 0.3 is 6.18 Å². The molecule has 0 atom stereocenters. The first-order valence-electron chi connectivity index (χ1n) is 7.44. The topological polar surface area (TPSA) is 32.3 Å². The van der Waals surface area contributed by atoms with Crippen molar-refractivity contribution in [2.24, 2.45) is 0 Å². The van der Waals surface area contributed by atoms with Gasteiger partial charge in [-0.3, -0.25) is 4.79 Å². The Morgan fingerprint density at radius 1 is 1.00 bits per heavy atom. The third-order valence-electron chi connectivity index (χ3n) is 3.45. The second-order valence-electron chi connectivity index (χ2n) is 5.78. The van der Waals surface area contributed by atoms with E-state index in [0.717, 1.165) is 23.7 Å². The van der Waals surface area contributed by atoms with E-state index in [1.54, 1.807) is 0 Å². The van der Waals surface area contributed by atoms with Gasteiger partial charge in [0.05, 0.1) is 11.1 Å². The van der Waals surface area contributed by atoms with E-state index in [0.29, 0.717) is 0 Å². The summed E-state index contributed by atoms with van der Waals surface area (Å²) < 4.78 is 38.8. The molecule has 3 nitrogen and oxygen atoms in total. The predicted molar refractivity (Wildman–Crippen MR) is 86.4 cm³/mol. The molecule has 0 aliphatic rings. The fourth-order valence-corrected chi connectivity index (χ4v) is 2.33. The van der Waals surface area contributed by atoms with Crippen LogP contribution in [0.2, 0.25) is 0 Å². The summed E-state index contributed by atoms with van der Waals surface area (Å²) in [6.45, 7) is 0.971. The van der Waals surface area contributed by atoms with Crippen LogP contribution in [0.15, 0.2) is 48.5 Å². The van der Waals surface area contributed by atoms with Gasteiger partial charge in [-0.2, -0.15) is 13.2 Å². The van der Waals surface area contributed by atoms with E-state index in [1.807, 2.05) is 43.3 Å². The number of nitrogens with one attached hydrogen (secondary N) is 1. The summed E-state index contributed by atoms with van der Waals surface area (Å²) in [5, 5.41) is 2.54. The van der Waals surface area contributed by atoms with Gasteiger partial charge in [0.2, 0.25) is 0 Å². The van der Waals surface area contributed by atoms with Gasteiger partial charge < -0.3 is 10.2 Å². The SMILES string of the molecule is CN(C)Cc1ccc(CNC(=O)c2ccccc2C(F)(F)F)cc1. The molecule has 0 aromatic heterocycles. The first-order chi connectivity index (χ1) is 11.3. The fraction of sp³-hybridized carbons (Fsp3) is 0.278. The molecule has 24 heavy (non-hydrogen) atoms. The Morgan fingerprint density at radius 3 is 2.17 bits per heavy atom. The molecule has 0 radical (unpaired) electrons. The second kappa shape index (κ2) is 7.49. The quantitative estimate of drug-likeness (QED) is 0.903. The molecule has 0 aliphatic heterocycles. The van der Waals surface area contributed by atoms with Crippen LogP contribution in [-0.2, 0) is 19.3 Å². The molecule has 0 fully saturated rings. The molecule has 1 N–H and O–H groups in total. The number of hydrogen-bond acceptors (Lipinski definition) is 2. The highest BCUT2D eigenvalue weighted by atomic mass is 19.4. The zero-order valence-corrected chi connectivity index (χ0v) is 13.5. The molecular weight excluding hydrogens is 317 g/mol. The minimum absolute atomic E-state index is 0.174. The molecule has 0 unspecified atom stereocenters. The van der Waals surface area contributed by atoms with E-state index in [4.69, 9.17) is 0 Å². The van der Waals surface area contributed by atoms with Gasteiger partial charge in [-0.15, -0.1) is 0 Å². The standard InChI is InChI=1S/C18H19F3N2O/c1-23(2)12-14-9-7-13(8-10-14)11-22-17(24)15-5-3-4-6-16(15)18(19,20)21/h3-10H,11-12H2,1-2H3,(H,22,24). The fourth-order valence-electron chi connectivity index (χ4n) is 2.33. The molecule has 0 saturated carbocycles. The van der Waals surface area contributed by atoms with Crippen molar-refractivity contribution in [3.63, 3.8) is 0 Å². The van der Waals surface area contributed by atoms with Crippen LogP contribution in [0.25, 0.3) is 0 Å². The average Bonchev–Trinajstić information content (AvgIpc) is 2.52. The first-order valence-corrected chi connectivity index (χ1v) is 7.44. The normalized spacial score (nSPS) is 11.6. The van der Waals surface area contributed by atoms with Crippen LogP contribution < -0.4 is 5.32 Å². The molecule has 0 saturated heterocycles. The van der Waals surface area contributed by atoms with Gasteiger partial charge in [-0.05, 0) is 37.4 Å². The largest absolute Gasteiger partial charge is 0.417 e. The number of carbonyl (C=O) groups is 1. The van der Waals surface area contributed by atoms with E-state index in [1.165, 1.54) is 18.2 Å². The van der Waals surface area contributed by atoms with Gasteiger partial charge in [0.15, 0.2) is 0 Å².